The van der Waals surface area contributed by atoms with E-state index in [0.717, 1.165) is 116 Å². The van der Waals surface area contributed by atoms with Gasteiger partial charge in [0.1, 0.15) is 35.3 Å². The van der Waals surface area contributed by atoms with Crippen molar-refractivity contribution in [2.75, 3.05) is 0 Å². The van der Waals surface area contributed by atoms with Crippen LogP contribution >= 0.6 is 0 Å². The van der Waals surface area contributed by atoms with Crippen LogP contribution in [0.15, 0.2) is 201 Å². The molecule has 0 bridgehead atoms. The van der Waals surface area contributed by atoms with E-state index in [1.54, 1.807) is 36.8 Å². The molecule has 0 fully saturated rings. The molecule has 7 aromatic carbocycles. The van der Waals surface area contributed by atoms with Gasteiger partial charge in [-0.05, 0) is 72.8 Å². The number of rotatable bonds is 6. The number of fused-ring (bicyclic) bond motifs is 9. The molecule has 6 aromatic heterocycles. The molecule has 0 spiro atoms. The molecule has 0 amide bonds. The molecule has 0 radical (unpaired) electrons. The van der Waals surface area contributed by atoms with Crippen molar-refractivity contribution in [3.8, 4) is 68.7 Å². The molecule has 0 atom stereocenters. The first kappa shape index (κ1) is 39.2. The molecule has 318 valence electrons. The Morgan fingerprint density at radius 2 is 0.522 bits per heavy atom. The third kappa shape index (κ3) is 5.84. The highest BCUT2D eigenvalue weighted by molar-refractivity contribution is 6.17. The quantitative estimate of drug-likeness (QED) is 0.164. The van der Waals surface area contributed by atoms with Gasteiger partial charge in [-0.25, -0.2) is 15.0 Å². The van der Waals surface area contributed by atoms with Gasteiger partial charge >= 0.3 is 0 Å². The number of benzene rings is 7. The maximum absolute atomic E-state index is 10.2. The highest BCUT2D eigenvalue weighted by Crippen LogP contribution is 2.54. The molecule has 0 saturated heterocycles. The topological polar surface area (TPSA) is 125 Å². The van der Waals surface area contributed by atoms with Crippen molar-refractivity contribution < 1.29 is 0 Å². The fourth-order valence-electron chi connectivity index (χ4n) is 10.5. The summed E-state index contributed by atoms with van der Waals surface area (Å²) in [4.78, 5) is 14.3. The van der Waals surface area contributed by atoms with E-state index in [-0.39, 0.29) is 17.1 Å². The lowest BCUT2D eigenvalue weighted by Gasteiger charge is -2.30. The molecule has 13 rings (SSSR count). The predicted octanol–water partition coefficient (Wildman–Crippen LogP) is 13.8. The summed E-state index contributed by atoms with van der Waals surface area (Å²) in [5.41, 5.74) is 13.8. The zero-order valence-corrected chi connectivity index (χ0v) is 36.6. The lowest BCUT2D eigenvalue weighted by molar-refractivity contribution is 1.05. The molecule has 6 heterocycles. The van der Waals surface area contributed by atoms with E-state index in [0.29, 0.717) is 0 Å². The van der Waals surface area contributed by atoms with Gasteiger partial charge in [0.05, 0.1) is 50.2 Å². The van der Waals surface area contributed by atoms with Crippen LogP contribution in [0.1, 0.15) is 17.1 Å². The number of aromatic nitrogens is 6. The average Bonchev–Trinajstić information content (AvgIpc) is 4.06. The molecular weight excluding hydrogens is 847 g/mol. The molecule has 0 N–H and O–H groups in total. The van der Waals surface area contributed by atoms with Crippen LogP contribution in [0.2, 0.25) is 0 Å². The summed E-state index contributed by atoms with van der Waals surface area (Å²) in [6.45, 7) is 0. The number of nitrogens with zero attached hydrogens (tertiary/aromatic N) is 9. The van der Waals surface area contributed by atoms with E-state index in [2.05, 4.69) is 178 Å². The number of hydrogen-bond donors (Lipinski definition) is 0. The Morgan fingerprint density at radius 1 is 0.275 bits per heavy atom. The third-order valence-electron chi connectivity index (χ3n) is 13.3. The maximum atomic E-state index is 10.2. The van der Waals surface area contributed by atoms with E-state index >= 15 is 0 Å². The Hall–Kier alpha value is -10.1. The fourth-order valence-corrected chi connectivity index (χ4v) is 10.5. The zero-order valence-electron chi connectivity index (χ0n) is 36.6. The van der Waals surface area contributed by atoms with Crippen molar-refractivity contribution in [3.05, 3.63) is 218 Å². The van der Waals surface area contributed by atoms with E-state index in [1.807, 2.05) is 18.2 Å². The number of hydrogen-bond acceptors (Lipinski definition) is 6. The summed E-state index contributed by atoms with van der Waals surface area (Å²) in [7, 11) is 0. The van der Waals surface area contributed by atoms with Crippen LogP contribution in [0, 0.1) is 34.0 Å². The standard InChI is InChI=1S/C60H33N9/c61-31-40-28-25-37(34-64-40)55-56(38-26-29-41(32-62)65-35-38)58(67-49-19-7-1-13-43(49)44-14-2-8-20-50(44)67)60(69-53-23-11-5-17-47(53)48-18-6-12-24-54(48)69)59(57(55)39-27-30-42(33-63)66-36-39)68-51-21-9-3-15-45(51)46-16-4-10-22-52(46)68/h1-30,34-36H. The molecule has 0 saturated carbocycles. The summed E-state index contributed by atoms with van der Waals surface area (Å²) in [5, 5.41) is 36.9. The Morgan fingerprint density at radius 3 is 0.768 bits per heavy atom. The maximum Gasteiger partial charge on any atom is 0.140 e. The molecule has 9 nitrogen and oxygen atoms in total. The average molecular weight is 880 g/mol. The fraction of sp³-hybridized carbons (Fsp3) is 0. The van der Waals surface area contributed by atoms with Crippen molar-refractivity contribution in [1.82, 2.24) is 28.7 Å². The molecule has 69 heavy (non-hydrogen) atoms. The Balaban J connectivity index is 1.42. The molecule has 13 aromatic rings. The summed E-state index contributed by atoms with van der Waals surface area (Å²) in [6, 6.07) is 69.0. The number of nitriles is 3. The van der Waals surface area contributed by atoms with Crippen molar-refractivity contribution >= 4 is 65.4 Å². The second kappa shape index (κ2) is 15.5. The molecule has 9 heteroatoms. The van der Waals surface area contributed by atoms with Gasteiger partial charge in [-0.1, -0.05) is 109 Å². The van der Waals surface area contributed by atoms with Gasteiger partial charge in [0, 0.05) is 84.3 Å². The van der Waals surface area contributed by atoms with Crippen LogP contribution in [0.3, 0.4) is 0 Å². The lowest BCUT2D eigenvalue weighted by atomic mass is 9.84. The van der Waals surface area contributed by atoms with E-state index < -0.39 is 0 Å². The minimum atomic E-state index is 0.272. The first-order valence-electron chi connectivity index (χ1n) is 22.4. The normalized spacial score (nSPS) is 11.4. The van der Waals surface area contributed by atoms with Gasteiger partial charge in [-0.15, -0.1) is 0 Å². The molecule has 0 unspecified atom stereocenters. The first-order chi connectivity index (χ1) is 34.1. The number of pyridine rings is 3. The SMILES string of the molecule is N#Cc1ccc(-c2c(-c3ccc(C#N)nc3)c(-n3c4ccccc4c4ccccc43)c(-n3c4ccccc4c4ccccc43)c(-n3c4ccccc4c4ccccc43)c2-c2ccc(C#N)nc2)cn1. The Labute approximate surface area is 394 Å². The summed E-state index contributed by atoms with van der Waals surface area (Å²) < 4.78 is 7.18. The monoisotopic (exact) mass is 879 g/mol. The van der Waals surface area contributed by atoms with Crippen LogP contribution in [0.4, 0.5) is 0 Å². The highest BCUT2D eigenvalue weighted by atomic mass is 15.1. The predicted molar refractivity (Wildman–Crippen MR) is 273 cm³/mol. The van der Waals surface area contributed by atoms with E-state index in [1.165, 1.54) is 0 Å². The first-order valence-corrected chi connectivity index (χ1v) is 22.4. The van der Waals surface area contributed by atoms with Gasteiger partial charge in [0.15, 0.2) is 0 Å². The van der Waals surface area contributed by atoms with Crippen molar-refractivity contribution in [1.29, 1.82) is 15.8 Å². The Kier molecular flexibility index (Phi) is 8.82. The third-order valence-corrected chi connectivity index (χ3v) is 13.3. The van der Waals surface area contributed by atoms with Gasteiger partial charge in [-0.3, -0.25) is 0 Å². The van der Waals surface area contributed by atoms with Crippen molar-refractivity contribution in [2.45, 2.75) is 0 Å². The van der Waals surface area contributed by atoms with Crippen LogP contribution in [0.5, 0.6) is 0 Å². The minimum Gasteiger partial charge on any atom is -0.306 e. The van der Waals surface area contributed by atoms with Gasteiger partial charge < -0.3 is 13.7 Å². The zero-order chi connectivity index (χ0) is 46.2. The van der Waals surface area contributed by atoms with E-state index in [9.17, 15) is 15.8 Å². The molecule has 0 aliphatic rings. The van der Waals surface area contributed by atoms with Gasteiger partial charge in [0.25, 0.3) is 0 Å². The van der Waals surface area contributed by atoms with E-state index in [4.69, 9.17) is 15.0 Å². The summed E-state index contributed by atoms with van der Waals surface area (Å²) in [5.74, 6) is 0. The van der Waals surface area contributed by atoms with Gasteiger partial charge in [0.2, 0.25) is 0 Å². The molecule has 0 aliphatic carbocycles. The van der Waals surface area contributed by atoms with Crippen molar-refractivity contribution in [2.24, 2.45) is 0 Å². The van der Waals surface area contributed by atoms with Crippen molar-refractivity contribution in [3.63, 3.8) is 0 Å². The lowest BCUT2D eigenvalue weighted by Crippen LogP contribution is -2.14. The second-order valence-electron chi connectivity index (χ2n) is 16.9. The van der Waals surface area contributed by atoms with Crippen LogP contribution in [-0.2, 0) is 0 Å². The number of para-hydroxylation sites is 6. The van der Waals surface area contributed by atoms with Gasteiger partial charge in [-0.2, -0.15) is 15.8 Å². The Bertz CT molecular complexity index is 4020. The van der Waals surface area contributed by atoms with Crippen LogP contribution in [-0.4, -0.2) is 28.7 Å². The summed E-state index contributed by atoms with van der Waals surface area (Å²) >= 11 is 0. The van der Waals surface area contributed by atoms with Crippen LogP contribution in [0.25, 0.3) is 116 Å². The summed E-state index contributed by atoms with van der Waals surface area (Å²) in [6.07, 6.45) is 5.32. The van der Waals surface area contributed by atoms with Crippen LogP contribution < -0.4 is 0 Å². The highest BCUT2D eigenvalue weighted by Gasteiger charge is 2.34. The molecule has 0 aliphatic heterocycles. The largest absolute Gasteiger partial charge is 0.306 e. The minimum absolute atomic E-state index is 0.272. The smallest absolute Gasteiger partial charge is 0.140 e. The second-order valence-corrected chi connectivity index (χ2v) is 16.9. The molecular formula is C60H33N9.